The molecule has 0 bridgehead atoms. The van der Waals surface area contributed by atoms with Crippen LogP contribution in [-0.2, 0) is 9.59 Å². The van der Waals surface area contributed by atoms with Crippen molar-refractivity contribution in [3.8, 4) is 11.5 Å². The van der Waals surface area contributed by atoms with Crippen LogP contribution in [-0.4, -0.2) is 27.7 Å². The van der Waals surface area contributed by atoms with Crippen molar-refractivity contribution in [1.82, 2.24) is 5.32 Å². The molecule has 13 heteroatoms. The molecule has 0 radical (unpaired) electrons. The first-order valence-corrected chi connectivity index (χ1v) is 11.6. The predicted molar refractivity (Wildman–Crippen MR) is 139 cm³/mol. The molecule has 1 aliphatic rings. The second-order valence-corrected chi connectivity index (χ2v) is 9.09. The van der Waals surface area contributed by atoms with Crippen LogP contribution >= 0.6 is 15.9 Å². The van der Waals surface area contributed by atoms with Crippen LogP contribution in [0.1, 0.15) is 16.7 Å². The standard InChI is InChI=1S/C25H17BrN4O8/c1-13-3-5-17(9-14(13)2)28-24(32)19(23(31)27-25(28)33)11-15-10-16(26)4-7-21(15)38-22-8-6-18(29(34)35)12-20(22)30(36)37/h3-12H,1-2H3,(H,27,31,33)/b19-11+. The third-order valence-corrected chi connectivity index (χ3v) is 6.19. The number of non-ortho nitro benzene ring substituents is 1. The maximum atomic E-state index is 13.3. The number of nitrogens with zero attached hydrogens (tertiary/aromatic N) is 3. The van der Waals surface area contributed by atoms with Crippen LogP contribution in [0.5, 0.6) is 11.5 Å². The number of urea groups is 1. The first-order valence-electron chi connectivity index (χ1n) is 10.8. The lowest BCUT2D eigenvalue weighted by Crippen LogP contribution is -2.54. The maximum absolute atomic E-state index is 13.3. The number of ether oxygens (including phenoxy) is 1. The average molecular weight is 581 g/mol. The molecule has 1 N–H and O–H groups in total. The molecule has 0 aromatic heterocycles. The zero-order chi connectivity index (χ0) is 27.7. The van der Waals surface area contributed by atoms with Crippen molar-refractivity contribution in [2.75, 3.05) is 4.90 Å². The van der Waals surface area contributed by atoms with E-state index in [1.54, 1.807) is 24.3 Å². The fourth-order valence-corrected chi connectivity index (χ4v) is 3.98. The lowest BCUT2D eigenvalue weighted by atomic mass is 10.0. The maximum Gasteiger partial charge on any atom is 0.335 e. The fourth-order valence-electron chi connectivity index (χ4n) is 3.60. The molecular weight excluding hydrogens is 564 g/mol. The normalized spacial score (nSPS) is 14.4. The summed E-state index contributed by atoms with van der Waals surface area (Å²) in [5, 5.41) is 24.7. The second kappa shape index (κ2) is 10.2. The van der Waals surface area contributed by atoms with Gasteiger partial charge in [0, 0.05) is 16.1 Å². The van der Waals surface area contributed by atoms with Crippen LogP contribution in [0.4, 0.5) is 21.9 Å². The molecule has 38 heavy (non-hydrogen) atoms. The van der Waals surface area contributed by atoms with Gasteiger partial charge in [0.25, 0.3) is 17.5 Å². The van der Waals surface area contributed by atoms with Crippen molar-refractivity contribution in [2.24, 2.45) is 0 Å². The largest absolute Gasteiger partial charge is 0.449 e. The number of barbiturate groups is 1. The van der Waals surface area contributed by atoms with Gasteiger partial charge in [0.1, 0.15) is 11.3 Å². The van der Waals surface area contributed by atoms with Crippen LogP contribution in [0, 0.1) is 34.1 Å². The van der Waals surface area contributed by atoms with Gasteiger partial charge < -0.3 is 4.74 Å². The lowest BCUT2D eigenvalue weighted by Gasteiger charge is -2.27. The van der Waals surface area contributed by atoms with Crippen molar-refractivity contribution in [3.63, 3.8) is 0 Å². The average Bonchev–Trinajstić information content (AvgIpc) is 2.85. The number of amides is 4. The van der Waals surface area contributed by atoms with E-state index in [0.29, 0.717) is 4.47 Å². The molecule has 12 nitrogen and oxygen atoms in total. The van der Waals surface area contributed by atoms with E-state index in [4.69, 9.17) is 4.74 Å². The molecule has 3 aromatic carbocycles. The number of rotatable bonds is 6. The summed E-state index contributed by atoms with van der Waals surface area (Å²) in [5.74, 6) is -2.11. The monoisotopic (exact) mass is 580 g/mol. The molecule has 0 saturated carbocycles. The number of nitro benzene ring substituents is 2. The Morgan fingerprint density at radius 1 is 0.895 bits per heavy atom. The Kier molecular flexibility index (Phi) is 7.04. The number of carbonyl (C=O) groups is 3. The highest BCUT2D eigenvalue weighted by Crippen LogP contribution is 2.37. The van der Waals surface area contributed by atoms with E-state index in [2.05, 4.69) is 21.2 Å². The van der Waals surface area contributed by atoms with Gasteiger partial charge in [-0.25, -0.2) is 9.69 Å². The van der Waals surface area contributed by atoms with Crippen molar-refractivity contribution in [3.05, 3.63) is 102 Å². The van der Waals surface area contributed by atoms with E-state index in [-0.39, 0.29) is 28.3 Å². The van der Waals surface area contributed by atoms with E-state index in [9.17, 15) is 34.6 Å². The molecule has 4 amide bonds. The number of imide groups is 2. The minimum Gasteiger partial charge on any atom is -0.449 e. The van der Waals surface area contributed by atoms with E-state index < -0.39 is 39.1 Å². The Balaban J connectivity index is 1.77. The minimum absolute atomic E-state index is 0.00730. The number of aryl methyl sites for hydroxylation is 2. The van der Waals surface area contributed by atoms with Gasteiger partial charge in [-0.05, 0) is 67.4 Å². The summed E-state index contributed by atoms with van der Waals surface area (Å²) in [6, 6.07) is 11.4. The molecule has 1 fully saturated rings. The lowest BCUT2D eigenvalue weighted by molar-refractivity contribution is -0.394. The molecular formula is C25H17BrN4O8. The summed E-state index contributed by atoms with van der Waals surface area (Å²) < 4.78 is 6.24. The van der Waals surface area contributed by atoms with E-state index in [1.807, 2.05) is 13.8 Å². The molecule has 192 valence electrons. The van der Waals surface area contributed by atoms with Gasteiger partial charge in [-0.15, -0.1) is 0 Å². The van der Waals surface area contributed by atoms with E-state index in [1.165, 1.54) is 18.2 Å². The highest BCUT2D eigenvalue weighted by molar-refractivity contribution is 9.10. The SMILES string of the molecule is Cc1ccc(N2C(=O)NC(=O)/C(=C\c3cc(Br)ccc3Oc3ccc([N+](=O)[O-])cc3[N+](=O)[O-])C2=O)cc1C. The van der Waals surface area contributed by atoms with E-state index >= 15 is 0 Å². The van der Waals surface area contributed by atoms with Crippen LogP contribution in [0.15, 0.2) is 64.6 Å². The number of hydrogen-bond acceptors (Lipinski definition) is 8. The number of nitrogens with one attached hydrogen (secondary N) is 1. The summed E-state index contributed by atoms with van der Waals surface area (Å²) in [6.07, 6.45) is 1.19. The molecule has 4 rings (SSSR count). The third-order valence-electron chi connectivity index (χ3n) is 5.69. The zero-order valence-electron chi connectivity index (χ0n) is 19.8. The third kappa shape index (κ3) is 5.13. The van der Waals surface area contributed by atoms with E-state index in [0.717, 1.165) is 34.2 Å². The van der Waals surface area contributed by atoms with Crippen LogP contribution in [0.25, 0.3) is 6.08 Å². The number of carbonyl (C=O) groups excluding carboxylic acids is 3. The van der Waals surface area contributed by atoms with Crippen molar-refractivity contribution in [1.29, 1.82) is 0 Å². The Hall–Kier alpha value is -4.91. The van der Waals surface area contributed by atoms with Gasteiger partial charge in [0.2, 0.25) is 5.75 Å². The van der Waals surface area contributed by atoms with Crippen LogP contribution in [0.3, 0.4) is 0 Å². The van der Waals surface area contributed by atoms with Gasteiger partial charge in [-0.2, -0.15) is 0 Å². The number of halogens is 1. The Morgan fingerprint density at radius 3 is 2.26 bits per heavy atom. The van der Waals surface area contributed by atoms with Crippen LogP contribution in [0.2, 0.25) is 0 Å². The summed E-state index contributed by atoms with van der Waals surface area (Å²) in [4.78, 5) is 60.3. The second-order valence-electron chi connectivity index (χ2n) is 8.18. The number of hydrogen-bond donors (Lipinski definition) is 1. The first-order chi connectivity index (χ1) is 18.0. The first kappa shape index (κ1) is 26.2. The highest BCUT2D eigenvalue weighted by atomic mass is 79.9. The Bertz CT molecular complexity index is 1580. The summed E-state index contributed by atoms with van der Waals surface area (Å²) in [7, 11) is 0. The summed E-state index contributed by atoms with van der Waals surface area (Å²) in [5.41, 5.74) is 0.672. The van der Waals surface area contributed by atoms with Crippen molar-refractivity contribution < 1.29 is 29.0 Å². The topological polar surface area (TPSA) is 162 Å². The summed E-state index contributed by atoms with van der Waals surface area (Å²) >= 11 is 3.29. The molecule has 0 unspecified atom stereocenters. The Labute approximate surface area is 222 Å². The number of nitro groups is 2. The number of anilines is 1. The van der Waals surface area contributed by atoms with Gasteiger partial charge in [-0.3, -0.25) is 35.1 Å². The number of benzene rings is 3. The zero-order valence-corrected chi connectivity index (χ0v) is 21.3. The quantitative estimate of drug-likeness (QED) is 0.177. The molecule has 3 aromatic rings. The smallest absolute Gasteiger partial charge is 0.335 e. The predicted octanol–water partition coefficient (Wildman–Crippen LogP) is 5.34. The van der Waals surface area contributed by atoms with Gasteiger partial charge in [0.05, 0.1) is 21.6 Å². The Morgan fingerprint density at radius 2 is 1.61 bits per heavy atom. The molecule has 0 atom stereocenters. The van der Waals surface area contributed by atoms with Crippen molar-refractivity contribution >= 4 is 56.9 Å². The van der Waals surface area contributed by atoms with Gasteiger partial charge in [0.15, 0.2) is 0 Å². The molecule has 1 heterocycles. The van der Waals surface area contributed by atoms with Crippen molar-refractivity contribution in [2.45, 2.75) is 13.8 Å². The minimum atomic E-state index is -0.938. The fraction of sp³-hybridized carbons (Fsp3) is 0.0800. The van der Waals surface area contributed by atoms with Gasteiger partial charge in [-0.1, -0.05) is 22.0 Å². The molecule has 0 aliphatic carbocycles. The molecule has 1 aliphatic heterocycles. The molecule has 0 spiro atoms. The summed E-state index contributed by atoms with van der Waals surface area (Å²) in [6.45, 7) is 3.69. The van der Waals surface area contributed by atoms with Gasteiger partial charge >= 0.3 is 11.7 Å². The molecule has 1 saturated heterocycles. The van der Waals surface area contributed by atoms with Crippen LogP contribution < -0.4 is 15.0 Å². The highest BCUT2D eigenvalue weighted by Gasteiger charge is 2.37.